The van der Waals surface area contributed by atoms with Gasteiger partial charge in [-0.3, -0.25) is 21.1 Å². The smallest absolute Gasteiger partial charge is 0.243 e. The number of ether oxygens (including phenoxy) is 1. The standard InChI is InChI=1S/C32H41N7O2/c33-25-9-11-26(12-10-25)38-32(40)30-13-21-5-6-22(31(34)35)14-29(21)39(30)17-23-7-8-24(28-4-2-1-3-27(23)28)19-41-18-20-15-36-37-16-20/h1-8,14,20,25-26,30,36-37H,9-13,15-19,33H2,(H3,34,35)(H,38,40)/t25-,26-,30?. The van der Waals surface area contributed by atoms with Gasteiger partial charge in [-0.15, -0.1) is 0 Å². The van der Waals surface area contributed by atoms with Crippen LogP contribution in [0.5, 0.6) is 0 Å². The van der Waals surface area contributed by atoms with Crippen LogP contribution in [0, 0.1) is 11.3 Å². The summed E-state index contributed by atoms with van der Waals surface area (Å²) in [6.07, 6.45) is 4.35. The molecular formula is C32H41N7O2. The van der Waals surface area contributed by atoms with Crippen molar-refractivity contribution in [2.45, 2.75) is 63.4 Å². The predicted molar refractivity (Wildman–Crippen MR) is 163 cm³/mol. The van der Waals surface area contributed by atoms with Crippen molar-refractivity contribution < 1.29 is 9.53 Å². The van der Waals surface area contributed by atoms with Crippen LogP contribution in [0.2, 0.25) is 0 Å². The molecule has 9 heteroatoms. The molecule has 1 unspecified atom stereocenters. The highest BCUT2D eigenvalue weighted by Gasteiger charge is 2.36. The molecule has 2 heterocycles. The quantitative estimate of drug-likeness (QED) is 0.176. The topological polar surface area (TPSA) is 142 Å². The number of rotatable bonds is 9. The average Bonchev–Trinajstić information content (AvgIpc) is 3.63. The molecule has 1 saturated carbocycles. The molecule has 1 saturated heterocycles. The molecule has 0 aromatic heterocycles. The molecule has 0 bridgehead atoms. The number of fused-ring (bicyclic) bond motifs is 2. The maximum Gasteiger partial charge on any atom is 0.243 e. The van der Waals surface area contributed by atoms with Gasteiger partial charge in [-0.05, 0) is 59.2 Å². The molecule has 3 aliphatic rings. The van der Waals surface area contributed by atoms with Crippen molar-refractivity contribution >= 4 is 28.2 Å². The fraction of sp³-hybridized carbons (Fsp3) is 0.438. The van der Waals surface area contributed by atoms with Crippen LogP contribution in [0.4, 0.5) is 5.69 Å². The molecule has 2 fully saturated rings. The number of nitrogens with zero attached hydrogens (tertiary/aromatic N) is 1. The number of nitrogens with one attached hydrogen (secondary N) is 4. The van der Waals surface area contributed by atoms with E-state index in [-0.39, 0.29) is 29.9 Å². The highest BCUT2D eigenvalue weighted by Crippen LogP contribution is 2.36. The van der Waals surface area contributed by atoms with Crippen LogP contribution >= 0.6 is 0 Å². The van der Waals surface area contributed by atoms with Crippen molar-refractivity contribution in [3.05, 3.63) is 76.9 Å². The Kier molecular flexibility index (Phi) is 8.20. The van der Waals surface area contributed by atoms with E-state index in [1.165, 1.54) is 5.39 Å². The number of carbonyl (C=O) groups excluding carboxylic acids is 1. The van der Waals surface area contributed by atoms with Crippen molar-refractivity contribution in [3.63, 3.8) is 0 Å². The molecule has 3 aromatic carbocycles. The van der Waals surface area contributed by atoms with Crippen LogP contribution in [0.15, 0.2) is 54.6 Å². The Hall–Kier alpha value is -3.50. The Bertz CT molecular complexity index is 1410. The molecule has 41 heavy (non-hydrogen) atoms. The van der Waals surface area contributed by atoms with Crippen molar-refractivity contribution in [3.8, 4) is 0 Å². The minimum Gasteiger partial charge on any atom is -0.384 e. The number of carbonyl (C=O) groups is 1. The summed E-state index contributed by atoms with van der Waals surface area (Å²) in [5.74, 6) is 0.554. The fourth-order valence-corrected chi connectivity index (χ4v) is 6.48. The van der Waals surface area contributed by atoms with Crippen LogP contribution in [0.1, 0.15) is 47.9 Å². The Morgan fingerprint density at radius 1 is 1.00 bits per heavy atom. The third kappa shape index (κ3) is 6.08. The summed E-state index contributed by atoms with van der Waals surface area (Å²) in [5.41, 5.74) is 23.3. The summed E-state index contributed by atoms with van der Waals surface area (Å²) in [6, 6.07) is 18.7. The lowest BCUT2D eigenvalue weighted by atomic mass is 9.91. The molecule has 9 nitrogen and oxygen atoms in total. The number of benzene rings is 3. The fourth-order valence-electron chi connectivity index (χ4n) is 6.48. The molecule has 8 N–H and O–H groups in total. The van der Waals surface area contributed by atoms with E-state index < -0.39 is 0 Å². The van der Waals surface area contributed by atoms with Gasteiger partial charge in [0.2, 0.25) is 5.91 Å². The molecule has 3 aromatic rings. The van der Waals surface area contributed by atoms with E-state index in [0.29, 0.717) is 37.7 Å². The van der Waals surface area contributed by atoms with Crippen LogP contribution in [0.25, 0.3) is 10.8 Å². The number of amides is 1. The molecule has 2 aliphatic heterocycles. The van der Waals surface area contributed by atoms with Gasteiger partial charge in [-0.25, -0.2) is 0 Å². The molecule has 0 spiro atoms. The van der Waals surface area contributed by atoms with Crippen LogP contribution in [-0.2, 0) is 29.1 Å². The highest BCUT2D eigenvalue weighted by atomic mass is 16.5. The summed E-state index contributed by atoms with van der Waals surface area (Å²) in [4.78, 5) is 15.9. The second-order valence-corrected chi connectivity index (χ2v) is 11.8. The SMILES string of the molecule is N=C(N)c1ccc2c(c1)N(Cc1ccc(COCC3CNNC3)c3ccccc13)C(C(=O)N[C@H]1CC[C@H](N)CC1)C2. The van der Waals surface area contributed by atoms with E-state index in [2.05, 4.69) is 57.5 Å². The first kappa shape index (κ1) is 27.7. The van der Waals surface area contributed by atoms with Gasteiger partial charge in [-0.2, -0.15) is 0 Å². The number of hydrazine groups is 1. The predicted octanol–water partition coefficient (Wildman–Crippen LogP) is 2.68. The van der Waals surface area contributed by atoms with Gasteiger partial charge in [-0.1, -0.05) is 48.5 Å². The van der Waals surface area contributed by atoms with Gasteiger partial charge >= 0.3 is 0 Å². The lowest BCUT2D eigenvalue weighted by Gasteiger charge is -2.31. The first-order valence-corrected chi connectivity index (χ1v) is 14.8. The van der Waals surface area contributed by atoms with Crippen molar-refractivity contribution in [2.24, 2.45) is 17.4 Å². The summed E-state index contributed by atoms with van der Waals surface area (Å²) in [6.45, 7) is 3.69. The zero-order valence-electron chi connectivity index (χ0n) is 23.5. The second-order valence-electron chi connectivity index (χ2n) is 11.8. The lowest BCUT2D eigenvalue weighted by Crippen LogP contribution is -2.49. The largest absolute Gasteiger partial charge is 0.384 e. The zero-order chi connectivity index (χ0) is 28.3. The summed E-state index contributed by atoms with van der Waals surface area (Å²) < 4.78 is 6.11. The van der Waals surface area contributed by atoms with E-state index in [0.717, 1.165) is 66.5 Å². The Morgan fingerprint density at radius 3 is 2.44 bits per heavy atom. The maximum atomic E-state index is 13.8. The summed E-state index contributed by atoms with van der Waals surface area (Å²) in [5, 5.41) is 13.7. The van der Waals surface area contributed by atoms with E-state index in [4.69, 9.17) is 21.6 Å². The first-order chi connectivity index (χ1) is 20.0. The van der Waals surface area contributed by atoms with E-state index in [1.54, 1.807) is 0 Å². The molecule has 6 rings (SSSR count). The first-order valence-electron chi connectivity index (χ1n) is 14.8. The van der Waals surface area contributed by atoms with E-state index in [1.807, 2.05) is 18.2 Å². The number of nitrogens with two attached hydrogens (primary N) is 2. The highest BCUT2D eigenvalue weighted by molar-refractivity contribution is 5.97. The minimum absolute atomic E-state index is 0.0261. The number of anilines is 1. The number of hydrogen-bond donors (Lipinski definition) is 6. The summed E-state index contributed by atoms with van der Waals surface area (Å²) in [7, 11) is 0. The Morgan fingerprint density at radius 2 is 1.71 bits per heavy atom. The third-order valence-electron chi connectivity index (χ3n) is 8.88. The molecule has 216 valence electrons. The Balaban J connectivity index is 1.26. The normalized spacial score (nSPS) is 22.7. The van der Waals surface area contributed by atoms with E-state index >= 15 is 0 Å². The molecular weight excluding hydrogens is 514 g/mol. The lowest BCUT2D eigenvalue weighted by molar-refractivity contribution is -0.123. The van der Waals surface area contributed by atoms with Gasteiger partial charge in [0.15, 0.2) is 0 Å². The van der Waals surface area contributed by atoms with Gasteiger partial charge in [0.1, 0.15) is 11.9 Å². The average molecular weight is 556 g/mol. The van der Waals surface area contributed by atoms with Crippen LogP contribution in [0.3, 0.4) is 0 Å². The van der Waals surface area contributed by atoms with Gasteiger partial charge in [0, 0.05) is 55.3 Å². The van der Waals surface area contributed by atoms with Gasteiger partial charge in [0.25, 0.3) is 0 Å². The van der Waals surface area contributed by atoms with Crippen molar-refractivity contribution in [1.29, 1.82) is 5.41 Å². The van der Waals surface area contributed by atoms with E-state index in [9.17, 15) is 4.79 Å². The number of hydrogen-bond acceptors (Lipinski definition) is 7. The summed E-state index contributed by atoms with van der Waals surface area (Å²) >= 11 is 0. The van der Waals surface area contributed by atoms with Gasteiger partial charge < -0.3 is 26.4 Å². The van der Waals surface area contributed by atoms with Crippen LogP contribution in [-0.4, -0.2) is 49.6 Å². The Labute approximate surface area is 241 Å². The second kappa shape index (κ2) is 12.2. The maximum absolute atomic E-state index is 13.8. The van der Waals surface area contributed by atoms with Gasteiger partial charge in [0.05, 0.1) is 13.2 Å². The number of amidine groups is 1. The van der Waals surface area contributed by atoms with Crippen LogP contribution < -0.4 is 32.5 Å². The zero-order valence-corrected chi connectivity index (χ0v) is 23.5. The third-order valence-corrected chi connectivity index (χ3v) is 8.88. The van der Waals surface area contributed by atoms with Crippen molar-refractivity contribution in [1.82, 2.24) is 16.2 Å². The molecule has 1 amide bonds. The molecule has 0 radical (unpaired) electrons. The molecule has 1 atom stereocenters. The van der Waals surface area contributed by atoms with Crippen molar-refractivity contribution in [2.75, 3.05) is 24.6 Å². The minimum atomic E-state index is -0.335. The molecule has 1 aliphatic carbocycles. The monoisotopic (exact) mass is 555 g/mol. The number of nitrogen functional groups attached to an aromatic ring is 1.